The molecule has 8 nitrogen and oxygen atoms in total. The van der Waals surface area contributed by atoms with Crippen molar-refractivity contribution in [2.24, 2.45) is 0 Å². The molecule has 0 spiro atoms. The fraction of sp³-hybridized carbons (Fsp3) is 0.333. The van der Waals surface area contributed by atoms with Crippen LogP contribution in [0.3, 0.4) is 0 Å². The Balaban J connectivity index is 1.65. The average Bonchev–Trinajstić information content (AvgIpc) is 3.53. The van der Waals surface area contributed by atoms with Gasteiger partial charge in [-0.25, -0.2) is 0 Å². The first-order valence-corrected chi connectivity index (χ1v) is 10.6. The largest absolute Gasteiger partial charge is 0.507 e. The van der Waals surface area contributed by atoms with E-state index in [9.17, 15) is 9.90 Å². The van der Waals surface area contributed by atoms with Crippen molar-refractivity contribution >= 4 is 5.91 Å². The minimum absolute atomic E-state index is 0.00728. The molecule has 3 aromatic rings. The highest BCUT2D eigenvalue weighted by Crippen LogP contribution is 2.46. The van der Waals surface area contributed by atoms with Gasteiger partial charge in [-0.1, -0.05) is 18.2 Å². The van der Waals surface area contributed by atoms with Crippen molar-refractivity contribution in [3.63, 3.8) is 0 Å². The maximum absolute atomic E-state index is 13.5. The number of aromatic hydroxyl groups is 1. The van der Waals surface area contributed by atoms with Crippen molar-refractivity contribution in [1.29, 1.82) is 0 Å². The number of ether oxygens (including phenoxy) is 3. The molecule has 5 rings (SSSR count). The molecule has 0 aliphatic carbocycles. The van der Waals surface area contributed by atoms with Crippen LogP contribution in [0.2, 0.25) is 0 Å². The molecule has 1 amide bonds. The van der Waals surface area contributed by atoms with Crippen LogP contribution in [-0.4, -0.2) is 59.6 Å². The van der Waals surface area contributed by atoms with Crippen molar-refractivity contribution < 1.29 is 24.1 Å². The zero-order valence-corrected chi connectivity index (χ0v) is 18.0. The minimum atomic E-state index is -0.408. The molecule has 2 aliphatic heterocycles. The number of fused-ring (bicyclic) bond motifs is 1. The van der Waals surface area contributed by atoms with Gasteiger partial charge in [0.2, 0.25) is 0 Å². The van der Waals surface area contributed by atoms with Crippen LogP contribution in [0.4, 0.5) is 0 Å². The average molecular weight is 435 g/mol. The number of rotatable bonds is 6. The summed E-state index contributed by atoms with van der Waals surface area (Å²) >= 11 is 0. The number of para-hydroxylation sites is 1. The van der Waals surface area contributed by atoms with E-state index in [1.807, 2.05) is 29.2 Å². The van der Waals surface area contributed by atoms with E-state index in [-0.39, 0.29) is 17.8 Å². The Morgan fingerprint density at radius 1 is 1.19 bits per heavy atom. The predicted molar refractivity (Wildman–Crippen MR) is 117 cm³/mol. The summed E-state index contributed by atoms with van der Waals surface area (Å²) in [5, 5.41) is 17.8. The van der Waals surface area contributed by atoms with Crippen molar-refractivity contribution in [2.45, 2.75) is 25.0 Å². The smallest absolute Gasteiger partial charge is 0.273 e. The van der Waals surface area contributed by atoms with Crippen LogP contribution in [-0.2, 0) is 4.74 Å². The third kappa shape index (κ3) is 3.27. The van der Waals surface area contributed by atoms with E-state index in [0.717, 1.165) is 24.0 Å². The normalized spacial score (nSPS) is 19.9. The Morgan fingerprint density at radius 2 is 2.00 bits per heavy atom. The molecule has 166 valence electrons. The second-order valence-corrected chi connectivity index (χ2v) is 7.99. The molecule has 0 unspecified atom stereocenters. The van der Waals surface area contributed by atoms with Gasteiger partial charge in [0.05, 0.1) is 26.4 Å². The van der Waals surface area contributed by atoms with Gasteiger partial charge in [-0.15, -0.1) is 0 Å². The number of amides is 1. The molecule has 3 heterocycles. The lowest BCUT2D eigenvalue weighted by Gasteiger charge is -2.29. The highest BCUT2D eigenvalue weighted by Gasteiger charge is 2.43. The predicted octanol–water partition coefficient (Wildman–Crippen LogP) is 3.52. The number of hydrogen-bond donors (Lipinski definition) is 2. The van der Waals surface area contributed by atoms with Gasteiger partial charge in [-0.05, 0) is 42.7 Å². The number of aromatic amines is 1. The van der Waals surface area contributed by atoms with E-state index in [0.29, 0.717) is 41.6 Å². The van der Waals surface area contributed by atoms with Gasteiger partial charge in [0.1, 0.15) is 17.1 Å². The molecule has 1 saturated heterocycles. The number of carbonyl (C=O) groups excluding carboxylic acids is 1. The zero-order chi connectivity index (χ0) is 22.2. The van der Waals surface area contributed by atoms with Gasteiger partial charge in [0, 0.05) is 24.3 Å². The third-order valence-corrected chi connectivity index (χ3v) is 6.17. The standard InChI is InChI=1S/C24H25N3O5/c1-30-18-10-9-14(12-19(18)31-2)23-20-21(16-7-3-4-8-17(16)28)25-26-22(20)24(29)27(23)13-15-6-5-11-32-15/h3-4,7-10,12,15,23,28H,5-6,11,13H2,1-2H3,(H,25,26)/t15-,23-/m1/s1. The number of hydrogen-bond acceptors (Lipinski definition) is 6. The molecule has 0 radical (unpaired) electrons. The van der Waals surface area contributed by atoms with Gasteiger partial charge >= 0.3 is 0 Å². The van der Waals surface area contributed by atoms with Gasteiger partial charge in [0.15, 0.2) is 11.5 Å². The van der Waals surface area contributed by atoms with E-state index in [2.05, 4.69) is 10.2 Å². The SMILES string of the molecule is COc1ccc([C@@H]2c3c(-c4ccccc4O)n[nH]c3C(=O)N2C[C@H]2CCCO2)cc1OC. The lowest BCUT2D eigenvalue weighted by atomic mass is 9.95. The van der Waals surface area contributed by atoms with E-state index in [4.69, 9.17) is 14.2 Å². The number of H-pyrrole nitrogens is 1. The molecule has 8 heteroatoms. The summed E-state index contributed by atoms with van der Waals surface area (Å²) in [6.07, 6.45) is 1.90. The Hall–Kier alpha value is -3.52. The fourth-order valence-corrected chi connectivity index (χ4v) is 4.64. The van der Waals surface area contributed by atoms with Crippen LogP contribution in [0.5, 0.6) is 17.2 Å². The Morgan fingerprint density at radius 3 is 2.72 bits per heavy atom. The minimum Gasteiger partial charge on any atom is -0.507 e. The van der Waals surface area contributed by atoms with Gasteiger partial charge in [-0.3, -0.25) is 9.89 Å². The number of phenols is 1. The van der Waals surface area contributed by atoms with Crippen LogP contribution in [0, 0.1) is 0 Å². The van der Waals surface area contributed by atoms with Gasteiger partial charge in [-0.2, -0.15) is 5.10 Å². The molecule has 1 aromatic heterocycles. The summed E-state index contributed by atoms with van der Waals surface area (Å²) in [6.45, 7) is 1.18. The highest BCUT2D eigenvalue weighted by molar-refractivity contribution is 6.00. The van der Waals surface area contributed by atoms with Crippen LogP contribution < -0.4 is 9.47 Å². The number of benzene rings is 2. The van der Waals surface area contributed by atoms with E-state index in [1.54, 1.807) is 32.4 Å². The Kier molecular flexibility index (Phi) is 5.22. The van der Waals surface area contributed by atoms with Gasteiger partial charge in [0.25, 0.3) is 5.91 Å². The molecule has 2 aliphatic rings. The first-order valence-electron chi connectivity index (χ1n) is 10.6. The fourth-order valence-electron chi connectivity index (χ4n) is 4.64. The molecule has 0 saturated carbocycles. The van der Waals surface area contributed by atoms with Crippen LogP contribution in [0.1, 0.15) is 40.5 Å². The number of nitrogens with one attached hydrogen (secondary N) is 1. The molecule has 32 heavy (non-hydrogen) atoms. The first-order chi connectivity index (χ1) is 15.6. The molecule has 2 aromatic carbocycles. The molecule has 2 atom stereocenters. The molecule has 1 fully saturated rings. The maximum Gasteiger partial charge on any atom is 0.273 e. The van der Waals surface area contributed by atoms with Crippen molar-refractivity contribution in [1.82, 2.24) is 15.1 Å². The number of carbonyl (C=O) groups is 1. The first kappa shape index (κ1) is 20.4. The number of nitrogens with zero attached hydrogens (tertiary/aromatic N) is 2. The number of methoxy groups -OCH3 is 2. The summed E-state index contributed by atoms with van der Waals surface area (Å²) in [5.74, 6) is 1.16. The van der Waals surface area contributed by atoms with Gasteiger partial charge < -0.3 is 24.2 Å². The maximum atomic E-state index is 13.5. The summed E-state index contributed by atoms with van der Waals surface area (Å²) < 4.78 is 16.7. The van der Waals surface area contributed by atoms with Crippen molar-refractivity contribution in [3.8, 4) is 28.5 Å². The molecule has 2 N–H and O–H groups in total. The van der Waals surface area contributed by atoms with Crippen molar-refractivity contribution in [3.05, 3.63) is 59.3 Å². The Labute approximate surface area is 185 Å². The third-order valence-electron chi connectivity index (χ3n) is 6.17. The quantitative estimate of drug-likeness (QED) is 0.615. The Bertz CT molecular complexity index is 1150. The lowest BCUT2D eigenvalue weighted by Crippen LogP contribution is -2.36. The summed E-state index contributed by atoms with van der Waals surface area (Å²) in [4.78, 5) is 15.3. The van der Waals surface area contributed by atoms with Crippen LogP contribution >= 0.6 is 0 Å². The van der Waals surface area contributed by atoms with Crippen LogP contribution in [0.25, 0.3) is 11.3 Å². The summed E-state index contributed by atoms with van der Waals surface area (Å²) in [7, 11) is 3.17. The second-order valence-electron chi connectivity index (χ2n) is 7.99. The highest BCUT2D eigenvalue weighted by atomic mass is 16.5. The van der Waals surface area contributed by atoms with Crippen LogP contribution in [0.15, 0.2) is 42.5 Å². The molecular weight excluding hydrogens is 410 g/mol. The topological polar surface area (TPSA) is 96.9 Å². The van der Waals surface area contributed by atoms with E-state index < -0.39 is 6.04 Å². The molecular formula is C24H25N3O5. The molecule has 0 bridgehead atoms. The lowest BCUT2D eigenvalue weighted by molar-refractivity contribution is 0.0495. The number of phenolic OH excluding ortho intramolecular Hbond substituents is 1. The van der Waals surface area contributed by atoms with E-state index in [1.165, 1.54) is 0 Å². The second kappa shape index (κ2) is 8.20. The van der Waals surface area contributed by atoms with E-state index >= 15 is 0 Å². The van der Waals surface area contributed by atoms with Crippen molar-refractivity contribution in [2.75, 3.05) is 27.4 Å². The summed E-state index contributed by atoms with van der Waals surface area (Å²) in [5.41, 5.74) is 3.16. The zero-order valence-electron chi connectivity index (χ0n) is 18.0. The monoisotopic (exact) mass is 435 g/mol. The summed E-state index contributed by atoms with van der Waals surface area (Å²) in [6, 6.07) is 12.2. The number of aromatic nitrogens is 2.